The maximum atomic E-state index is 5.68. The predicted octanol–water partition coefficient (Wildman–Crippen LogP) is 3.69. The number of hydrogen-bond acceptors (Lipinski definition) is 2. The number of ether oxygens (including phenoxy) is 2. The van der Waals surface area contributed by atoms with Crippen molar-refractivity contribution in [3.63, 3.8) is 0 Å². The molecule has 1 aliphatic rings. The standard InChI is InChI=1S/C12H21IO2/c1-11(6-2-4-8-13)10-15-12-7-3-5-9-14-12/h6,12H,2-5,7-10H2,1H3/b11-6+. The molecule has 0 aromatic heterocycles. The number of allylic oxidation sites excluding steroid dienone is 1. The number of halogens is 1. The van der Waals surface area contributed by atoms with Gasteiger partial charge in [0.15, 0.2) is 6.29 Å². The lowest BCUT2D eigenvalue weighted by molar-refractivity contribution is -0.156. The molecular weight excluding hydrogens is 303 g/mol. The molecule has 0 amide bonds. The highest BCUT2D eigenvalue weighted by molar-refractivity contribution is 14.1. The van der Waals surface area contributed by atoms with Crippen LogP contribution in [0, 0.1) is 0 Å². The van der Waals surface area contributed by atoms with Gasteiger partial charge >= 0.3 is 0 Å². The second-order valence-corrected chi connectivity index (χ2v) is 5.07. The van der Waals surface area contributed by atoms with Crippen LogP contribution in [0.4, 0.5) is 0 Å². The monoisotopic (exact) mass is 324 g/mol. The number of unbranched alkanes of at least 4 members (excludes halogenated alkanes) is 1. The third-order valence-corrected chi connectivity index (χ3v) is 3.23. The van der Waals surface area contributed by atoms with E-state index in [4.69, 9.17) is 9.47 Å². The summed E-state index contributed by atoms with van der Waals surface area (Å²) in [6.07, 6.45) is 8.24. The zero-order valence-corrected chi connectivity index (χ0v) is 11.7. The molecule has 0 saturated carbocycles. The summed E-state index contributed by atoms with van der Waals surface area (Å²) in [7, 11) is 0. The maximum Gasteiger partial charge on any atom is 0.158 e. The Kier molecular flexibility index (Phi) is 7.65. The van der Waals surface area contributed by atoms with Crippen molar-refractivity contribution in [2.24, 2.45) is 0 Å². The first-order chi connectivity index (χ1) is 7.33. The third-order valence-electron chi connectivity index (χ3n) is 2.47. The van der Waals surface area contributed by atoms with Crippen molar-refractivity contribution in [3.05, 3.63) is 11.6 Å². The van der Waals surface area contributed by atoms with Crippen molar-refractivity contribution in [1.82, 2.24) is 0 Å². The average Bonchev–Trinajstić information content (AvgIpc) is 2.28. The van der Waals surface area contributed by atoms with Crippen LogP contribution in [0.1, 0.15) is 39.0 Å². The first-order valence-corrected chi connectivity index (χ1v) is 7.30. The van der Waals surface area contributed by atoms with Gasteiger partial charge in [-0.3, -0.25) is 0 Å². The maximum absolute atomic E-state index is 5.68. The zero-order valence-electron chi connectivity index (χ0n) is 9.51. The van der Waals surface area contributed by atoms with E-state index in [1.165, 1.54) is 35.7 Å². The van der Waals surface area contributed by atoms with Gasteiger partial charge in [-0.15, -0.1) is 0 Å². The van der Waals surface area contributed by atoms with Crippen molar-refractivity contribution < 1.29 is 9.47 Å². The van der Waals surface area contributed by atoms with Crippen LogP contribution in [0.3, 0.4) is 0 Å². The largest absolute Gasteiger partial charge is 0.353 e. The number of rotatable bonds is 6. The van der Waals surface area contributed by atoms with Gasteiger partial charge < -0.3 is 9.47 Å². The molecule has 0 spiro atoms. The third kappa shape index (κ3) is 6.53. The van der Waals surface area contributed by atoms with Gasteiger partial charge in [-0.2, -0.15) is 0 Å². The van der Waals surface area contributed by atoms with E-state index in [-0.39, 0.29) is 6.29 Å². The molecule has 15 heavy (non-hydrogen) atoms. The molecule has 88 valence electrons. The van der Waals surface area contributed by atoms with Gasteiger partial charge in [0, 0.05) is 6.61 Å². The molecule has 1 saturated heterocycles. The Morgan fingerprint density at radius 3 is 3.07 bits per heavy atom. The smallest absolute Gasteiger partial charge is 0.158 e. The lowest BCUT2D eigenvalue weighted by Crippen LogP contribution is -2.22. The van der Waals surface area contributed by atoms with Crippen molar-refractivity contribution in [3.8, 4) is 0 Å². The fraction of sp³-hybridized carbons (Fsp3) is 0.833. The van der Waals surface area contributed by atoms with Crippen LogP contribution in [0.25, 0.3) is 0 Å². The Morgan fingerprint density at radius 1 is 1.53 bits per heavy atom. The molecule has 0 radical (unpaired) electrons. The van der Waals surface area contributed by atoms with Gasteiger partial charge in [0.25, 0.3) is 0 Å². The summed E-state index contributed by atoms with van der Waals surface area (Å²) < 4.78 is 12.4. The Hall–Kier alpha value is 0.390. The first kappa shape index (κ1) is 13.5. The molecule has 3 heteroatoms. The van der Waals surface area contributed by atoms with Gasteiger partial charge in [0.2, 0.25) is 0 Å². The summed E-state index contributed by atoms with van der Waals surface area (Å²) in [5.74, 6) is 0. The SMILES string of the molecule is C/C(=C\CCCI)COC1CCCCO1. The summed E-state index contributed by atoms with van der Waals surface area (Å²) in [6.45, 7) is 3.73. The Balaban J connectivity index is 2.09. The van der Waals surface area contributed by atoms with Crippen molar-refractivity contribution in [1.29, 1.82) is 0 Å². The van der Waals surface area contributed by atoms with Crippen LogP contribution < -0.4 is 0 Å². The van der Waals surface area contributed by atoms with Crippen LogP contribution in [0.5, 0.6) is 0 Å². The molecule has 0 aromatic rings. The summed E-state index contributed by atoms with van der Waals surface area (Å²) in [4.78, 5) is 0. The summed E-state index contributed by atoms with van der Waals surface area (Å²) in [5.41, 5.74) is 1.33. The second-order valence-electron chi connectivity index (χ2n) is 3.99. The molecule has 0 aliphatic carbocycles. The summed E-state index contributed by atoms with van der Waals surface area (Å²) in [5, 5.41) is 0. The molecule has 2 nitrogen and oxygen atoms in total. The molecule has 1 atom stereocenters. The number of alkyl halides is 1. The molecule has 1 heterocycles. The minimum atomic E-state index is 0.0478. The van der Waals surface area contributed by atoms with Gasteiger partial charge in [-0.1, -0.05) is 34.2 Å². The van der Waals surface area contributed by atoms with Crippen molar-refractivity contribution in [2.75, 3.05) is 17.6 Å². The molecule has 0 aromatic carbocycles. The van der Waals surface area contributed by atoms with E-state index in [1.807, 2.05) is 0 Å². The Labute approximate surface area is 107 Å². The number of hydrogen-bond donors (Lipinski definition) is 0. The lowest BCUT2D eigenvalue weighted by atomic mass is 10.2. The van der Waals surface area contributed by atoms with Crippen LogP contribution in [0.15, 0.2) is 11.6 Å². The Bertz CT molecular complexity index is 186. The highest BCUT2D eigenvalue weighted by Gasteiger charge is 2.13. The second kappa shape index (κ2) is 8.53. The minimum Gasteiger partial charge on any atom is -0.353 e. The van der Waals surface area contributed by atoms with Crippen LogP contribution in [0.2, 0.25) is 0 Å². The van der Waals surface area contributed by atoms with Gasteiger partial charge in [0.05, 0.1) is 6.61 Å². The molecular formula is C12H21IO2. The van der Waals surface area contributed by atoms with E-state index in [0.29, 0.717) is 0 Å². The Morgan fingerprint density at radius 2 is 2.40 bits per heavy atom. The van der Waals surface area contributed by atoms with Gasteiger partial charge in [-0.25, -0.2) is 0 Å². The zero-order chi connectivity index (χ0) is 10.9. The highest BCUT2D eigenvalue weighted by atomic mass is 127. The molecule has 1 fully saturated rings. The summed E-state index contributed by atoms with van der Waals surface area (Å²) >= 11 is 2.41. The minimum absolute atomic E-state index is 0.0478. The molecule has 1 rings (SSSR count). The van der Waals surface area contributed by atoms with E-state index in [0.717, 1.165) is 19.6 Å². The molecule has 1 aliphatic heterocycles. The van der Waals surface area contributed by atoms with Crippen LogP contribution in [-0.2, 0) is 9.47 Å². The van der Waals surface area contributed by atoms with Crippen LogP contribution in [-0.4, -0.2) is 23.9 Å². The van der Waals surface area contributed by atoms with E-state index in [1.54, 1.807) is 0 Å². The van der Waals surface area contributed by atoms with Crippen molar-refractivity contribution in [2.45, 2.75) is 45.3 Å². The molecule has 0 bridgehead atoms. The fourth-order valence-corrected chi connectivity index (χ4v) is 1.99. The lowest BCUT2D eigenvalue weighted by Gasteiger charge is -2.22. The fourth-order valence-electron chi connectivity index (χ4n) is 1.55. The summed E-state index contributed by atoms with van der Waals surface area (Å²) in [6, 6.07) is 0. The van der Waals surface area contributed by atoms with Crippen molar-refractivity contribution >= 4 is 22.6 Å². The molecule has 0 N–H and O–H groups in total. The van der Waals surface area contributed by atoms with E-state index < -0.39 is 0 Å². The van der Waals surface area contributed by atoms with E-state index in [9.17, 15) is 0 Å². The van der Waals surface area contributed by atoms with Gasteiger partial charge in [0.1, 0.15) is 0 Å². The quantitative estimate of drug-likeness (QED) is 0.321. The highest BCUT2D eigenvalue weighted by Crippen LogP contribution is 2.14. The predicted molar refractivity (Wildman–Crippen MR) is 71.4 cm³/mol. The topological polar surface area (TPSA) is 18.5 Å². The van der Waals surface area contributed by atoms with Gasteiger partial charge in [-0.05, 0) is 43.5 Å². The van der Waals surface area contributed by atoms with Crippen LogP contribution >= 0.6 is 22.6 Å². The normalized spacial score (nSPS) is 23.1. The van der Waals surface area contributed by atoms with E-state index in [2.05, 4.69) is 35.6 Å². The van der Waals surface area contributed by atoms with E-state index >= 15 is 0 Å². The molecule has 1 unspecified atom stereocenters. The average molecular weight is 324 g/mol. The first-order valence-electron chi connectivity index (χ1n) is 5.77.